The number of hydrogen-bond acceptors (Lipinski definition) is 3. The van der Waals surface area contributed by atoms with Gasteiger partial charge in [0, 0.05) is 6.61 Å². The van der Waals surface area contributed by atoms with Gasteiger partial charge in [-0.3, -0.25) is 0 Å². The number of benzene rings is 3. The Kier molecular flexibility index (Phi) is 11.9. The van der Waals surface area contributed by atoms with Gasteiger partial charge in [-0.25, -0.2) is 0 Å². The molecule has 0 saturated carbocycles. The van der Waals surface area contributed by atoms with Gasteiger partial charge in [-0.2, -0.15) is 0 Å². The van der Waals surface area contributed by atoms with Crippen molar-refractivity contribution in [3.05, 3.63) is 108 Å². The molecule has 0 aliphatic heterocycles. The van der Waals surface area contributed by atoms with Crippen molar-refractivity contribution >= 4 is 22.6 Å². The van der Waals surface area contributed by atoms with Crippen molar-refractivity contribution in [3.8, 4) is 0 Å². The fourth-order valence-corrected chi connectivity index (χ4v) is 4.54. The van der Waals surface area contributed by atoms with Crippen LogP contribution in [0.5, 0.6) is 0 Å². The van der Waals surface area contributed by atoms with Gasteiger partial charge in [0.2, 0.25) is 0 Å². The van der Waals surface area contributed by atoms with Crippen LogP contribution in [0.4, 0.5) is 0 Å². The standard InChI is InChI=1S/C29H35IO3/c30-20-12-1-2-13-21-31-22-23-32-24-25-33-29(26-14-6-3-7-15-26,27-16-8-4-9-17-27)28-18-10-5-11-19-28/h3-11,14-19H,1-2,12-13,20-25H2. The molecule has 33 heavy (non-hydrogen) atoms. The van der Waals surface area contributed by atoms with Gasteiger partial charge < -0.3 is 14.2 Å². The first-order valence-electron chi connectivity index (χ1n) is 11.9. The fourth-order valence-electron chi connectivity index (χ4n) is 4.00. The highest BCUT2D eigenvalue weighted by Crippen LogP contribution is 2.40. The van der Waals surface area contributed by atoms with Gasteiger partial charge in [-0.15, -0.1) is 0 Å². The average Bonchev–Trinajstić information content (AvgIpc) is 2.89. The molecule has 0 radical (unpaired) electrons. The second-order valence-electron chi connectivity index (χ2n) is 7.96. The Morgan fingerprint density at radius 3 is 1.39 bits per heavy atom. The minimum Gasteiger partial charge on any atom is -0.379 e. The molecule has 0 spiro atoms. The van der Waals surface area contributed by atoms with E-state index in [1.807, 2.05) is 18.2 Å². The number of ether oxygens (including phenoxy) is 3. The maximum atomic E-state index is 6.70. The predicted octanol–water partition coefficient (Wildman–Crippen LogP) is 7.02. The molecular weight excluding hydrogens is 523 g/mol. The first-order valence-corrected chi connectivity index (χ1v) is 13.4. The summed E-state index contributed by atoms with van der Waals surface area (Å²) in [5, 5.41) is 0. The maximum Gasteiger partial charge on any atom is 0.143 e. The predicted molar refractivity (Wildman–Crippen MR) is 144 cm³/mol. The highest BCUT2D eigenvalue weighted by molar-refractivity contribution is 14.1. The molecule has 0 amide bonds. The van der Waals surface area contributed by atoms with Crippen LogP contribution >= 0.6 is 22.6 Å². The Labute approximate surface area is 212 Å². The van der Waals surface area contributed by atoms with E-state index < -0.39 is 5.60 Å². The lowest BCUT2D eigenvalue weighted by Gasteiger charge is -2.36. The van der Waals surface area contributed by atoms with Crippen molar-refractivity contribution in [2.75, 3.05) is 37.5 Å². The van der Waals surface area contributed by atoms with Crippen LogP contribution < -0.4 is 0 Å². The molecule has 176 valence electrons. The summed E-state index contributed by atoms with van der Waals surface area (Å²) < 4.78 is 19.5. The lowest BCUT2D eigenvalue weighted by Crippen LogP contribution is -2.34. The van der Waals surface area contributed by atoms with Gasteiger partial charge in [-0.05, 0) is 34.0 Å². The molecular formula is C29H35IO3. The van der Waals surface area contributed by atoms with Crippen LogP contribution in [0.2, 0.25) is 0 Å². The van der Waals surface area contributed by atoms with Gasteiger partial charge >= 0.3 is 0 Å². The molecule has 0 unspecified atom stereocenters. The van der Waals surface area contributed by atoms with Crippen LogP contribution in [0, 0.1) is 0 Å². The largest absolute Gasteiger partial charge is 0.379 e. The molecule has 0 aromatic heterocycles. The van der Waals surface area contributed by atoms with E-state index >= 15 is 0 Å². The van der Waals surface area contributed by atoms with E-state index in [0.29, 0.717) is 26.4 Å². The zero-order valence-corrected chi connectivity index (χ0v) is 21.5. The summed E-state index contributed by atoms with van der Waals surface area (Å²) in [4.78, 5) is 0. The number of unbranched alkanes of at least 4 members (excludes halogenated alkanes) is 3. The van der Waals surface area contributed by atoms with Crippen molar-refractivity contribution in [1.29, 1.82) is 0 Å². The fraction of sp³-hybridized carbons (Fsp3) is 0.379. The molecule has 3 aromatic carbocycles. The third-order valence-electron chi connectivity index (χ3n) is 5.63. The maximum absolute atomic E-state index is 6.70. The van der Waals surface area contributed by atoms with Crippen molar-refractivity contribution in [2.24, 2.45) is 0 Å². The normalized spacial score (nSPS) is 11.5. The van der Waals surface area contributed by atoms with Gasteiger partial charge in [0.05, 0.1) is 26.4 Å². The SMILES string of the molecule is ICCCCCCOCCOCCOC(c1ccccc1)(c1ccccc1)c1ccccc1. The van der Waals surface area contributed by atoms with Gasteiger partial charge in [0.1, 0.15) is 5.60 Å². The number of hydrogen-bond donors (Lipinski definition) is 0. The summed E-state index contributed by atoms with van der Waals surface area (Å²) in [6.07, 6.45) is 4.98. The van der Waals surface area contributed by atoms with E-state index in [1.54, 1.807) is 0 Å². The molecule has 0 saturated heterocycles. The molecule has 0 heterocycles. The highest BCUT2D eigenvalue weighted by Gasteiger charge is 2.37. The number of alkyl halides is 1. The van der Waals surface area contributed by atoms with Crippen LogP contribution in [0.25, 0.3) is 0 Å². The molecule has 0 fully saturated rings. The zero-order valence-electron chi connectivity index (χ0n) is 19.3. The quantitative estimate of drug-likeness (QED) is 0.0819. The summed E-state index contributed by atoms with van der Waals surface area (Å²) in [5.41, 5.74) is 2.62. The van der Waals surface area contributed by atoms with Gasteiger partial charge in [0.25, 0.3) is 0 Å². The monoisotopic (exact) mass is 558 g/mol. The topological polar surface area (TPSA) is 27.7 Å². The van der Waals surface area contributed by atoms with E-state index in [4.69, 9.17) is 14.2 Å². The van der Waals surface area contributed by atoms with E-state index in [-0.39, 0.29) is 0 Å². The second-order valence-corrected chi connectivity index (χ2v) is 9.03. The molecule has 0 aliphatic carbocycles. The lowest BCUT2D eigenvalue weighted by atomic mass is 9.80. The Bertz CT molecular complexity index is 774. The summed E-state index contributed by atoms with van der Waals surface area (Å²) >= 11 is 2.43. The van der Waals surface area contributed by atoms with Gasteiger partial charge in [0.15, 0.2) is 0 Å². The third-order valence-corrected chi connectivity index (χ3v) is 6.39. The first-order chi connectivity index (χ1) is 16.4. The minimum absolute atomic E-state index is 0.481. The summed E-state index contributed by atoms with van der Waals surface area (Å²) in [5.74, 6) is 0. The molecule has 3 nitrogen and oxygen atoms in total. The second kappa shape index (κ2) is 15.2. The average molecular weight is 559 g/mol. The minimum atomic E-state index is -0.693. The van der Waals surface area contributed by atoms with E-state index in [9.17, 15) is 0 Å². The number of rotatable bonds is 16. The Balaban J connectivity index is 1.59. The van der Waals surface area contributed by atoms with Crippen LogP contribution in [0.1, 0.15) is 42.4 Å². The van der Waals surface area contributed by atoms with E-state index in [1.165, 1.54) is 23.7 Å². The highest BCUT2D eigenvalue weighted by atomic mass is 127. The van der Waals surface area contributed by atoms with Crippen molar-refractivity contribution < 1.29 is 14.2 Å². The molecule has 3 rings (SSSR count). The third kappa shape index (κ3) is 7.92. The zero-order chi connectivity index (χ0) is 23.0. The van der Waals surface area contributed by atoms with E-state index in [2.05, 4.69) is 95.4 Å². The van der Waals surface area contributed by atoms with Crippen molar-refractivity contribution in [2.45, 2.75) is 31.3 Å². The van der Waals surface area contributed by atoms with Crippen molar-refractivity contribution in [3.63, 3.8) is 0 Å². The first kappa shape index (κ1) is 25.9. The Morgan fingerprint density at radius 2 is 0.909 bits per heavy atom. The van der Waals surface area contributed by atoms with Crippen molar-refractivity contribution in [1.82, 2.24) is 0 Å². The molecule has 0 aliphatic rings. The molecule has 0 N–H and O–H groups in total. The molecule has 4 heteroatoms. The van der Waals surface area contributed by atoms with Crippen LogP contribution in [-0.4, -0.2) is 37.5 Å². The van der Waals surface area contributed by atoms with Crippen LogP contribution in [0.15, 0.2) is 91.0 Å². The molecule has 0 bridgehead atoms. The summed E-state index contributed by atoms with van der Waals surface area (Å²) in [6.45, 7) is 3.04. The summed E-state index contributed by atoms with van der Waals surface area (Å²) in [6, 6.07) is 31.3. The van der Waals surface area contributed by atoms with Crippen LogP contribution in [0.3, 0.4) is 0 Å². The van der Waals surface area contributed by atoms with E-state index in [0.717, 1.165) is 29.7 Å². The molecule has 0 atom stereocenters. The lowest BCUT2D eigenvalue weighted by molar-refractivity contribution is -0.0334. The Morgan fingerprint density at radius 1 is 0.485 bits per heavy atom. The number of halogens is 1. The summed E-state index contributed by atoms with van der Waals surface area (Å²) in [7, 11) is 0. The van der Waals surface area contributed by atoms with Crippen LogP contribution in [-0.2, 0) is 19.8 Å². The molecule has 3 aromatic rings. The Hall–Kier alpha value is -1.73. The smallest absolute Gasteiger partial charge is 0.143 e. The van der Waals surface area contributed by atoms with Gasteiger partial charge in [-0.1, -0.05) is 126 Å².